The van der Waals surface area contributed by atoms with Gasteiger partial charge in [-0.15, -0.1) is 0 Å². The summed E-state index contributed by atoms with van der Waals surface area (Å²) in [6.45, 7) is 0. The molecule has 0 aliphatic heterocycles. The molecule has 1 aromatic rings. The number of aryl methyl sites for hydroxylation is 1. The van der Waals surface area contributed by atoms with Gasteiger partial charge >= 0.3 is 0 Å². The second-order valence-corrected chi connectivity index (χ2v) is 6.96. The Bertz CT molecular complexity index is 332. The molecule has 1 aromatic carbocycles. The van der Waals surface area contributed by atoms with Crippen LogP contribution in [-0.2, 0) is 6.42 Å². The fraction of sp³-hybridized carbons (Fsp3) is 0.647. The van der Waals surface area contributed by atoms with Gasteiger partial charge in [0.2, 0.25) is 0 Å². The monoisotopic (exact) mass is 278 g/mol. The molecular formula is C17H26OS. The van der Waals surface area contributed by atoms with Gasteiger partial charge in [0.15, 0.2) is 0 Å². The van der Waals surface area contributed by atoms with Crippen molar-refractivity contribution in [3.8, 4) is 0 Å². The molecule has 0 amide bonds. The third-order valence-electron chi connectivity index (χ3n) is 3.92. The van der Waals surface area contributed by atoms with Gasteiger partial charge in [0.25, 0.3) is 0 Å². The highest BCUT2D eigenvalue weighted by atomic mass is 32.2. The van der Waals surface area contributed by atoms with Gasteiger partial charge in [0.05, 0.1) is 6.10 Å². The molecule has 1 aliphatic carbocycles. The third-order valence-corrected chi connectivity index (χ3v) is 5.44. The zero-order valence-corrected chi connectivity index (χ0v) is 12.6. The van der Waals surface area contributed by atoms with E-state index in [-0.39, 0.29) is 6.10 Å². The van der Waals surface area contributed by atoms with Crippen LogP contribution in [0.25, 0.3) is 0 Å². The van der Waals surface area contributed by atoms with Crippen LogP contribution in [0, 0.1) is 0 Å². The first-order valence-corrected chi connectivity index (χ1v) is 8.73. The molecule has 1 nitrogen and oxygen atoms in total. The number of rotatable bonds is 7. The van der Waals surface area contributed by atoms with E-state index >= 15 is 0 Å². The van der Waals surface area contributed by atoms with Crippen molar-refractivity contribution in [1.29, 1.82) is 0 Å². The van der Waals surface area contributed by atoms with E-state index in [1.807, 2.05) is 11.8 Å². The molecule has 0 spiro atoms. The molecule has 19 heavy (non-hydrogen) atoms. The van der Waals surface area contributed by atoms with Crippen LogP contribution in [0.3, 0.4) is 0 Å². The number of aliphatic hydroxyl groups excluding tert-OH is 1. The second kappa shape index (κ2) is 8.65. The first-order valence-electron chi connectivity index (χ1n) is 7.68. The van der Waals surface area contributed by atoms with E-state index in [0.29, 0.717) is 0 Å². The molecular weight excluding hydrogens is 252 g/mol. The van der Waals surface area contributed by atoms with Crippen LogP contribution < -0.4 is 0 Å². The van der Waals surface area contributed by atoms with Crippen molar-refractivity contribution in [2.24, 2.45) is 0 Å². The molecule has 2 heteroatoms. The van der Waals surface area contributed by atoms with E-state index in [1.165, 1.54) is 37.7 Å². The maximum absolute atomic E-state index is 10.0. The van der Waals surface area contributed by atoms with Crippen LogP contribution in [0.1, 0.15) is 50.5 Å². The lowest BCUT2D eigenvalue weighted by Gasteiger charge is -2.22. The molecule has 0 saturated heterocycles. The minimum atomic E-state index is -0.115. The molecule has 0 radical (unpaired) electrons. The Hall–Kier alpha value is -0.470. The molecule has 1 saturated carbocycles. The van der Waals surface area contributed by atoms with Crippen LogP contribution in [0.5, 0.6) is 0 Å². The van der Waals surface area contributed by atoms with Gasteiger partial charge in [0, 0.05) is 11.0 Å². The Labute approximate surface area is 121 Å². The van der Waals surface area contributed by atoms with Crippen LogP contribution in [0.15, 0.2) is 30.3 Å². The van der Waals surface area contributed by atoms with Crippen LogP contribution in [-0.4, -0.2) is 22.2 Å². The van der Waals surface area contributed by atoms with Gasteiger partial charge in [0.1, 0.15) is 0 Å². The zero-order chi connectivity index (χ0) is 13.3. The summed E-state index contributed by atoms with van der Waals surface area (Å²) in [7, 11) is 0. The van der Waals surface area contributed by atoms with Gasteiger partial charge in [-0.1, -0.05) is 49.6 Å². The lowest BCUT2D eigenvalue weighted by Crippen LogP contribution is -2.15. The predicted octanol–water partition coefficient (Wildman–Crippen LogP) is 4.44. The Balaban J connectivity index is 1.55. The molecule has 1 N–H and O–H groups in total. The molecule has 1 unspecified atom stereocenters. The summed E-state index contributed by atoms with van der Waals surface area (Å²) in [4.78, 5) is 0. The topological polar surface area (TPSA) is 20.2 Å². The SMILES string of the molecule is OC(CCCc1ccccc1)CSC1CCCCC1. The van der Waals surface area contributed by atoms with E-state index in [2.05, 4.69) is 30.3 Å². The number of hydrogen-bond donors (Lipinski definition) is 1. The summed E-state index contributed by atoms with van der Waals surface area (Å²) in [5.41, 5.74) is 1.38. The maximum Gasteiger partial charge on any atom is 0.0630 e. The summed E-state index contributed by atoms with van der Waals surface area (Å²) in [6, 6.07) is 10.6. The Morgan fingerprint density at radius 1 is 1.11 bits per heavy atom. The van der Waals surface area contributed by atoms with Crippen molar-refractivity contribution in [3.63, 3.8) is 0 Å². The summed E-state index contributed by atoms with van der Waals surface area (Å²) in [6.07, 6.45) is 9.93. The standard InChI is InChI=1S/C17H26OS/c18-16(14-19-17-12-5-2-6-13-17)11-7-10-15-8-3-1-4-9-15/h1,3-4,8-9,16-18H,2,5-7,10-14H2. The van der Waals surface area contributed by atoms with E-state index < -0.39 is 0 Å². The van der Waals surface area contributed by atoms with Crippen molar-refractivity contribution in [3.05, 3.63) is 35.9 Å². The molecule has 1 aliphatic rings. The zero-order valence-electron chi connectivity index (χ0n) is 11.8. The molecule has 1 atom stereocenters. The Morgan fingerprint density at radius 2 is 1.84 bits per heavy atom. The minimum absolute atomic E-state index is 0.115. The average molecular weight is 278 g/mol. The van der Waals surface area contributed by atoms with Crippen LogP contribution >= 0.6 is 11.8 Å². The Morgan fingerprint density at radius 3 is 2.58 bits per heavy atom. The fourth-order valence-corrected chi connectivity index (χ4v) is 4.08. The second-order valence-electron chi connectivity index (χ2n) is 5.63. The van der Waals surface area contributed by atoms with Crippen LogP contribution in [0.2, 0.25) is 0 Å². The molecule has 106 valence electrons. The van der Waals surface area contributed by atoms with Crippen molar-refractivity contribution < 1.29 is 5.11 Å². The van der Waals surface area contributed by atoms with Crippen molar-refractivity contribution in [2.75, 3.05) is 5.75 Å². The molecule has 2 rings (SSSR count). The van der Waals surface area contributed by atoms with E-state index in [4.69, 9.17) is 0 Å². The van der Waals surface area contributed by atoms with E-state index in [9.17, 15) is 5.11 Å². The smallest absolute Gasteiger partial charge is 0.0630 e. The Kier molecular flexibility index (Phi) is 6.80. The summed E-state index contributed by atoms with van der Waals surface area (Å²) >= 11 is 2.00. The van der Waals surface area contributed by atoms with Gasteiger partial charge < -0.3 is 5.11 Å². The largest absolute Gasteiger partial charge is 0.392 e. The highest BCUT2D eigenvalue weighted by molar-refractivity contribution is 7.99. The third kappa shape index (κ3) is 6.01. The number of aliphatic hydroxyl groups is 1. The van der Waals surface area contributed by atoms with Crippen molar-refractivity contribution in [1.82, 2.24) is 0 Å². The summed E-state index contributed by atoms with van der Waals surface area (Å²) in [5.74, 6) is 0.930. The number of benzene rings is 1. The quantitative estimate of drug-likeness (QED) is 0.796. The minimum Gasteiger partial charge on any atom is -0.392 e. The lowest BCUT2D eigenvalue weighted by molar-refractivity contribution is 0.186. The number of hydrogen-bond acceptors (Lipinski definition) is 2. The van der Waals surface area contributed by atoms with Crippen molar-refractivity contribution in [2.45, 2.75) is 62.7 Å². The first-order chi connectivity index (χ1) is 9.34. The first kappa shape index (κ1) is 14.9. The van der Waals surface area contributed by atoms with Gasteiger partial charge in [-0.3, -0.25) is 0 Å². The summed E-state index contributed by atoms with van der Waals surface area (Å²) < 4.78 is 0. The highest BCUT2D eigenvalue weighted by Gasteiger charge is 2.15. The van der Waals surface area contributed by atoms with Gasteiger partial charge in [-0.2, -0.15) is 11.8 Å². The molecule has 1 fully saturated rings. The van der Waals surface area contributed by atoms with Gasteiger partial charge in [-0.25, -0.2) is 0 Å². The normalized spacial score (nSPS) is 18.4. The number of thioether (sulfide) groups is 1. The maximum atomic E-state index is 10.0. The lowest BCUT2D eigenvalue weighted by atomic mass is 10.0. The summed E-state index contributed by atoms with van der Waals surface area (Å²) in [5, 5.41) is 10.9. The molecule has 0 aromatic heterocycles. The van der Waals surface area contributed by atoms with Crippen LogP contribution in [0.4, 0.5) is 0 Å². The highest BCUT2D eigenvalue weighted by Crippen LogP contribution is 2.28. The molecule has 0 heterocycles. The van der Waals surface area contributed by atoms with Crippen molar-refractivity contribution >= 4 is 11.8 Å². The predicted molar refractivity (Wildman–Crippen MR) is 84.7 cm³/mol. The molecule has 0 bridgehead atoms. The van der Waals surface area contributed by atoms with E-state index in [0.717, 1.165) is 30.3 Å². The average Bonchev–Trinajstić information content (AvgIpc) is 2.47. The fourth-order valence-electron chi connectivity index (χ4n) is 2.75. The van der Waals surface area contributed by atoms with E-state index in [1.54, 1.807) is 0 Å². The van der Waals surface area contributed by atoms with Gasteiger partial charge in [-0.05, 0) is 37.7 Å².